The number of amides is 1. The van der Waals surface area contributed by atoms with E-state index in [1.165, 1.54) is 18.3 Å². The molecule has 1 N–H and O–H groups in total. The van der Waals surface area contributed by atoms with Crippen LogP contribution in [-0.2, 0) is 6.54 Å². The van der Waals surface area contributed by atoms with E-state index in [1.807, 2.05) is 12.1 Å². The summed E-state index contributed by atoms with van der Waals surface area (Å²) < 4.78 is 13.4. The molecule has 4 rings (SSSR count). The van der Waals surface area contributed by atoms with Crippen molar-refractivity contribution in [3.05, 3.63) is 84.1 Å². The van der Waals surface area contributed by atoms with Gasteiger partial charge in [-0.2, -0.15) is 0 Å². The quantitative estimate of drug-likeness (QED) is 0.659. The Morgan fingerprint density at radius 1 is 1.10 bits per heavy atom. The van der Waals surface area contributed by atoms with Crippen molar-refractivity contribution in [3.8, 4) is 0 Å². The highest BCUT2D eigenvalue weighted by Gasteiger charge is 2.21. The second kappa shape index (κ2) is 9.66. The zero-order valence-corrected chi connectivity index (χ0v) is 17.2. The number of aliphatic hydroxyl groups is 1. The highest BCUT2D eigenvalue weighted by Crippen LogP contribution is 2.24. The summed E-state index contributed by atoms with van der Waals surface area (Å²) in [6, 6.07) is 13.2. The van der Waals surface area contributed by atoms with Crippen LogP contribution in [-0.4, -0.2) is 40.7 Å². The van der Waals surface area contributed by atoms with E-state index in [0.717, 1.165) is 37.3 Å². The Labute approximate surface area is 181 Å². The topological polar surface area (TPSA) is 69.6 Å². The number of benzene rings is 1. The largest absolute Gasteiger partial charge is 0.396 e. The molecule has 1 aliphatic heterocycles. The van der Waals surface area contributed by atoms with Gasteiger partial charge in [-0.05, 0) is 66.8 Å². The molecular weight excluding hydrogens is 395 g/mol. The van der Waals surface area contributed by atoms with Crippen LogP contribution in [0.3, 0.4) is 0 Å². The molecule has 31 heavy (non-hydrogen) atoms. The van der Waals surface area contributed by atoms with E-state index < -0.39 is 0 Å². The minimum atomic E-state index is -0.353. The number of aliphatic hydroxyl groups excluding tert-OH is 1. The fourth-order valence-electron chi connectivity index (χ4n) is 3.77. The molecule has 0 bridgehead atoms. The van der Waals surface area contributed by atoms with E-state index >= 15 is 0 Å². The van der Waals surface area contributed by atoms with Crippen LogP contribution < -0.4 is 9.80 Å². The molecule has 160 valence electrons. The summed E-state index contributed by atoms with van der Waals surface area (Å²) in [6.07, 6.45) is 6.83. The van der Waals surface area contributed by atoms with Gasteiger partial charge in [-0.1, -0.05) is 6.07 Å². The van der Waals surface area contributed by atoms with Crippen molar-refractivity contribution < 1.29 is 14.3 Å². The highest BCUT2D eigenvalue weighted by molar-refractivity contribution is 6.05. The van der Waals surface area contributed by atoms with Crippen molar-refractivity contribution in [1.29, 1.82) is 0 Å². The van der Waals surface area contributed by atoms with Gasteiger partial charge in [-0.25, -0.2) is 9.37 Å². The molecule has 1 aliphatic rings. The lowest BCUT2D eigenvalue weighted by atomic mass is 9.98. The van der Waals surface area contributed by atoms with Crippen LogP contribution >= 0.6 is 0 Å². The van der Waals surface area contributed by atoms with Crippen LogP contribution in [0.4, 0.5) is 15.9 Å². The van der Waals surface area contributed by atoms with Crippen molar-refractivity contribution in [2.45, 2.75) is 19.4 Å². The minimum Gasteiger partial charge on any atom is -0.396 e. The molecule has 0 saturated carbocycles. The van der Waals surface area contributed by atoms with Gasteiger partial charge < -0.3 is 14.9 Å². The van der Waals surface area contributed by atoms with Gasteiger partial charge in [0.1, 0.15) is 11.6 Å². The number of aromatic nitrogens is 2. The first-order valence-electron chi connectivity index (χ1n) is 10.4. The van der Waals surface area contributed by atoms with Gasteiger partial charge in [-0.15, -0.1) is 0 Å². The molecule has 0 aliphatic carbocycles. The summed E-state index contributed by atoms with van der Waals surface area (Å²) in [5.41, 5.74) is 1.93. The molecule has 2 aromatic heterocycles. The third-order valence-electron chi connectivity index (χ3n) is 5.64. The number of hydrogen-bond donors (Lipinski definition) is 1. The first-order chi connectivity index (χ1) is 15.1. The molecule has 0 spiro atoms. The Morgan fingerprint density at radius 3 is 2.48 bits per heavy atom. The normalized spacial score (nSPS) is 14.5. The van der Waals surface area contributed by atoms with Gasteiger partial charge in [0.25, 0.3) is 5.91 Å². The van der Waals surface area contributed by atoms with E-state index in [2.05, 4.69) is 14.9 Å². The summed E-state index contributed by atoms with van der Waals surface area (Å²) in [5.74, 6) is 0.703. The van der Waals surface area contributed by atoms with E-state index in [0.29, 0.717) is 23.7 Å². The van der Waals surface area contributed by atoms with Gasteiger partial charge in [0.15, 0.2) is 0 Å². The third kappa shape index (κ3) is 5.06. The van der Waals surface area contributed by atoms with Crippen molar-refractivity contribution >= 4 is 17.4 Å². The number of carbonyl (C=O) groups excluding carboxylic acids is 1. The molecule has 0 unspecified atom stereocenters. The van der Waals surface area contributed by atoms with E-state index in [-0.39, 0.29) is 18.3 Å². The summed E-state index contributed by atoms with van der Waals surface area (Å²) >= 11 is 0. The molecule has 1 aromatic carbocycles. The molecule has 6 nitrogen and oxygen atoms in total. The summed E-state index contributed by atoms with van der Waals surface area (Å²) in [6.45, 7) is 2.29. The average molecular weight is 420 g/mol. The number of carbonyl (C=O) groups is 1. The number of piperidine rings is 1. The molecule has 3 aromatic rings. The van der Waals surface area contributed by atoms with E-state index in [1.54, 1.807) is 41.6 Å². The first kappa shape index (κ1) is 20.9. The Kier molecular flexibility index (Phi) is 6.52. The van der Waals surface area contributed by atoms with Gasteiger partial charge in [0.05, 0.1) is 12.1 Å². The van der Waals surface area contributed by atoms with Crippen LogP contribution in [0.15, 0.2) is 67.1 Å². The average Bonchev–Trinajstić information content (AvgIpc) is 2.84. The van der Waals surface area contributed by atoms with Crippen molar-refractivity contribution in [1.82, 2.24) is 9.97 Å². The molecule has 0 radical (unpaired) electrons. The maximum atomic E-state index is 13.4. The van der Waals surface area contributed by atoms with Crippen LogP contribution in [0.5, 0.6) is 0 Å². The molecule has 7 heteroatoms. The maximum absolute atomic E-state index is 13.4. The standard InChI is InChI=1S/C24H25FN4O2/c25-21-4-6-22(7-5-21)29(24(31)20-2-1-11-26-15-20)16-19-3-8-23(27-14-19)28-12-9-18(17-30)10-13-28/h1-8,11,14-15,18,30H,9-10,12-13,16-17H2. The number of pyridine rings is 2. The van der Waals surface area contributed by atoms with Crippen LogP contribution in [0.2, 0.25) is 0 Å². The zero-order chi connectivity index (χ0) is 21.6. The lowest BCUT2D eigenvalue weighted by Crippen LogP contribution is -2.35. The molecule has 1 fully saturated rings. The van der Waals surface area contributed by atoms with Crippen molar-refractivity contribution in [2.24, 2.45) is 5.92 Å². The maximum Gasteiger partial charge on any atom is 0.260 e. The SMILES string of the molecule is O=C(c1cccnc1)N(Cc1ccc(N2CCC(CO)CC2)nc1)c1ccc(F)cc1. The molecular formula is C24H25FN4O2. The second-order valence-electron chi connectivity index (χ2n) is 7.75. The predicted molar refractivity (Wildman–Crippen MR) is 117 cm³/mol. The lowest BCUT2D eigenvalue weighted by Gasteiger charge is -2.32. The van der Waals surface area contributed by atoms with E-state index in [4.69, 9.17) is 0 Å². The second-order valence-corrected chi connectivity index (χ2v) is 7.75. The summed E-state index contributed by atoms with van der Waals surface area (Å²) in [4.78, 5) is 25.6. The fourth-order valence-corrected chi connectivity index (χ4v) is 3.77. The Hall–Kier alpha value is -3.32. The fraction of sp³-hybridized carbons (Fsp3) is 0.292. The smallest absolute Gasteiger partial charge is 0.260 e. The monoisotopic (exact) mass is 420 g/mol. The number of anilines is 2. The van der Waals surface area contributed by atoms with Crippen LogP contribution in [0.1, 0.15) is 28.8 Å². The van der Waals surface area contributed by atoms with E-state index in [9.17, 15) is 14.3 Å². The Morgan fingerprint density at radius 2 is 1.87 bits per heavy atom. The third-order valence-corrected chi connectivity index (χ3v) is 5.64. The Bertz CT molecular complexity index is 988. The van der Waals surface area contributed by atoms with Gasteiger partial charge in [0, 0.05) is 44.0 Å². The number of halogens is 1. The lowest BCUT2D eigenvalue weighted by molar-refractivity contribution is 0.0984. The van der Waals surface area contributed by atoms with Gasteiger partial charge in [-0.3, -0.25) is 9.78 Å². The number of nitrogens with zero attached hydrogens (tertiary/aromatic N) is 4. The highest BCUT2D eigenvalue weighted by atomic mass is 19.1. The molecule has 1 amide bonds. The molecule has 1 saturated heterocycles. The molecule has 0 atom stereocenters. The zero-order valence-electron chi connectivity index (χ0n) is 17.2. The Balaban J connectivity index is 1.53. The van der Waals surface area contributed by atoms with Crippen molar-refractivity contribution in [2.75, 3.05) is 29.5 Å². The van der Waals surface area contributed by atoms with Gasteiger partial charge >= 0.3 is 0 Å². The van der Waals surface area contributed by atoms with Crippen LogP contribution in [0, 0.1) is 11.7 Å². The number of hydrogen-bond acceptors (Lipinski definition) is 5. The summed E-state index contributed by atoms with van der Waals surface area (Å²) in [5, 5.41) is 9.31. The molecule has 3 heterocycles. The predicted octanol–water partition coefficient (Wildman–Crippen LogP) is 3.67. The van der Waals surface area contributed by atoms with Crippen LogP contribution in [0.25, 0.3) is 0 Å². The summed E-state index contributed by atoms with van der Waals surface area (Å²) in [7, 11) is 0. The first-order valence-corrected chi connectivity index (χ1v) is 10.4. The van der Waals surface area contributed by atoms with Crippen molar-refractivity contribution in [3.63, 3.8) is 0 Å². The number of rotatable bonds is 6. The van der Waals surface area contributed by atoms with Gasteiger partial charge in [0.2, 0.25) is 0 Å². The minimum absolute atomic E-state index is 0.213.